The molecule has 0 unspecified atom stereocenters. The second-order valence-electron chi connectivity index (χ2n) is 5.95. The molecule has 0 aliphatic rings. The van der Waals surface area contributed by atoms with Crippen LogP contribution in [0.25, 0.3) is 22.2 Å². The molecule has 0 aliphatic heterocycles. The van der Waals surface area contributed by atoms with E-state index in [-0.39, 0.29) is 0 Å². The van der Waals surface area contributed by atoms with Gasteiger partial charge in [0, 0.05) is 10.6 Å². The van der Waals surface area contributed by atoms with E-state index in [1.54, 1.807) is 18.3 Å². The average molecular weight is 365 g/mol. The van der Waals surface area contributed by atoms with Gasteiger partial charge in [-0.25, -0.2) is 9.78 Å². The Bertz CT molecular complexity index is 1200. The van der Waals surface area contributed by atoms with Crippen LogP contribution in [0, 0.1) is 0 Å². The molecule has 2 heterocycles. The highest BCUT2D eigenvalue weighted by Gasteiger charge is 2.19. The van der Waals surface area contributed by atoms with Crippen LogP contribution in [0.15, 0.2) is 76.4 Å². The minimum atomic E-state index is -0.448. The Balaban J connectivity index is 1.97. The highest BCUT2D eigenvalue weighted by atomic mass is 35.5. The summed E-state index contributed by atoms with van der Waals surface area (Å²) in [5, 5.41) is 1.06. The van der Waals surface area contributed by atoms with Gasteiger partial charge in [-0.1, -0.05) is 54.1 Å². The van der Waals surface area contributed by atoms with Gasteiger partial charge in [-0.15, -0.1) is 0 Å². The predicted molar refractivity (Wildman–Crippen MR) is 101 cm³/mol. The molecule has 0 radical (unpaired) electrons. The van der Waals surface area contributed by atoms with Crippen molar-refractivity contribution in [1.29, 1.82) is 0 Å². The Morgan fingerprint density at radius 3 is 2.42 bits per heavy atom. The lowest BCUT2D eigenvalue weighted by Gasteiger charge is -2.07. The second kappa shape index (κ2) is 6.61. The monoisotopic (exact) mass is 364 g/mol. The summed E-state index contributed by atoms with van der Waals surface area (Å²) in [7, 11) is 0. The summed E-state index contributed by atoms with van der Waals surface area (Å²) in [6, 6.07) is 18.7. The van der Waals surface area contributed by atoms with Crippen molar-refractivity contribution in [3.05, 3.63) is 98.3 Å². The first-order valence-corrected chi connectivity index (χ1v) is 8.48. The smallest absolute Gasteiger partial charge is 0.268 e. The number of nitrogens with zero attached hydrogens (tertiary/aromatic N) is 1. The summed E-state index contributed by atoms with van der Waals surface area (Å²) in [6.07, 6.45) is 1.73. The summed E-state index contributed by atoms with van der Waals surface area (Å²) in [4.78, 5) is 30.5. The molecule has 6 heteroatoms. The van der Waals surface area contributed by atoms with Crippen molar-refractivity contribution in [2.45, 2.75) is 6.54 Å². The first-order valence-electron chi connectivity index (χ1n) is 8.11. The number of aromatic nitrogens is 3. The lowest BCUT2D eigenvalue weighted by Crippen LogP contribution is -2.34. The van der Waals surface area contributed by atoms with E-state index in [2.05, 4.69) is 9.97 Å². The molecule has 4 aromatic rings. The molecule has 0 atom stereocenters. The zero-order valence-electron chi connectivity index (χ0n) is 13.7. The molecule has 0 saturated heterocycles. The van der Waals surface area contributed by atoms with Crippen LogP contribution in [0.4, 0.5) is 0 Å². The van der Waals surface area contributed by atoms with E-state index in [4.69, 9.17) is 11.6 Å². The lowest BCUT2D eigenvalue weighted by atomic mass is 10.0. The summed E-state index contributed by atoms with van der Waals surface area (Å²) >= 11 is 5.97. The van der Waals surface area contributed by atoms with Crippen LogP contribution < -0.4 is 16.2 Å². The van der Waals surface area contributed by atoms with Crippen LogP contribution in [0.2, 0.25) is 5.02 Å². The third-order valence-corrected chi connectivity index (χ3v) is 4.53. The van der Waals surface area contributed by atoms with Gasteiger partial charge in [0.15, 0.2) is 0 Å². The molecule has 26 heavy (non-hydrogen) atoms. The molecule has 0 saturated carbocycles. The highest BCUT2D eigenvalue weighted by molar-refractivity contribution is 6.30. The van der Waals surface area contributed by atoms with Crippen LogP contribution in [-0.4, -0.2) is 9.55 Å². The number of halogens is 1. The normalized spacial score (nSPS) is 11.0. The maximum absolute atomic E-state index is 12.6. The summed E-state index contributed by atoms with van der Waals surface area (Å²) < 4.78 is 1.53. The van der Waals surface area contributed by atoms with Crippen molar-refractivity contribution >= 4 is 22.6 Å². The van der Waals surface area contributed by atoms with E-state index in [1.165, 1.54) is 4.57 Å². The van der Waals surface area contributed by atoms with Crippen molar-refractivity contribution in [3.63, 3.8) is 0 Å². The van der Waals surface area contributed by atoms with Crippen molar-refractivity contribution in [1.82, 2.24) is 9.55 Å². The molecule has 128 valence electrons. The molecule has 2 N–H and O–H groups in total. The predicted octanol–water partition coefficient (Wildman–Crippen LogP) is 2.87. The van der Waals surface area contributed by atoms with E-state index in [0.29, 0.717) is 22.6 Å². The number of hydrogen-bond acceptors (Lipinski definition) is 2. The van der Waals surface area contributed by atoms with Gasteiger partial charge >= 0.3 is 5.69 Å². The topological polar surface area (TPSA) is 69.0 Å². The number of hydrogen-bond donors (Lipinski definition) is 1. The quantitative estimate of drug-likeness (QED) is 0.607. The highest BCUT2D eigenvalue weighted by Crippen LogP contribution is 2.25. The zero-order chi connectivity index (χ0) is 18.1. The molecule has 0 fully saturated rings. The van der Waals surface area contributed by atoms with Gasteiger partial charge in [-0.3, -0.25) is 9.78 Å². The van der Waals surface area contributed by atoms with E-state index < -0.39 is 11.2 Å². The number of pyridine rings is 1. The summed E-state index contributed by atoms with van der Waals surface area (Å²) in [6.45, 7) is 0.355. The molecule has 4 rings (SSSR count). The number of rotatable bonds is 3. The van der Waals surface area contributed by atoms with Crippen molar-refractivity contribution in [2.24, 2.45) is 0 Å². The average Bonchev–Trinajstić information content (AvgIpc) is 2.66. The molecule has 2 aromatic heterocycles. The van der Waals surface area contributed by atoms with Gasteiger partial charge in [0.05, 0.1) is 6.20 Å². The number of benzene rings is 2. The minimum Gasteiger partial charge on any atom is -0.268 e. The molecular weight excluding hydrogens is 350 g/mol. The maximum atomic E-state index is 12.6. The van der Waals surface area contributed by atoms with Gasteiger partial charge in [0.25, 0.3) is 11.2 Å². The fourth-order valence-electron chi connectivity index (χ4n) is 3.05. The van der Waals surface area contributed by atoms with Crippen LogP contribution in [0.1, 0.15) is 5.56 Å². The second-order valence-corrected chi connectivity index (χ2v) is 6.39. The van der Waals surface area contributed by atoms with Gasteiger partial charge in [0.2, 0.25) is 0 Å². The molecule has 5 nitrogen and oxygen atoms in total. The first-order chi connectivity index (χ1) is 12.6. The third-order valence-electron chi connectivity index (χ3n) is 4.28. The number of fused-ring (bicyclic) bond motifs is 1. The fourth-order valence-corrected chi connectivity index (χ4v) is 3.17. The summed E-state index contributed by atoms with van der Waals surface area (Å²) in [5.41, 5.74) is 2.16. The van der Waals surface area contributed by atoms with Gasteiger partial charge in [-0.2, -0.15) is 4.57 Å². The number of H-pyrrole nitrogens is 2. The van der Waals surface area contributed by atoms with Crippen molar-refractivity contribution in [3.8, 4) is 11.1 Å². The Labute approximate surface area is 153 Å². The minimum absolute atomic E-state index is 0.355. The van der Waals surface area contributed by atoms with Crippen LogP contribution in [0.3, 0.4) is 0 Å². The molecule has 0 aliphatic carbocycles. The number of nitrogens with one attached hydrogen (secondary N) is 2. The Hall–Kier alpha value is -3.18. The van der Waals surface area contributed by atoms with E-state index in [0.717, 1.165) is 16.7 Å². The Morgan fingerprint density at radius 2 is 1.69 bits per heavy atom. The summed E-state index contributed by atoms with van der Waals surface area (Å²) in [5.74, 6) is 0. The van der Waals surface area contributed by atoms with Gasteiger partial charge in [-0.05, 0) is 29.3 Å². The number of aromatic amines is 2. The van der Waals surface area contributed by atoms with E-state index >= 15 is 0 Å². The SMILES string of the molecule is O=c1[nH]c(=O)n(Cc2ccccc2)c2[nH+]ccc(-c3ccc(Cl)cc3)c12. The van der Waals surface area contributed by atoms with E-state index in [9.17, 15) is 9.59 Å². The molecule has 2 aromatic carbocycles. The van der Waals surface area contributed by atoms with Crippen LogP contribution in [-0.2, 0) is 6.54 Å². The zero-order valence-corrected chi connectivity index (χ0v) is 14.5. The lowest BCUT2D eigenvalue weighted by molar-refractivity contribution is -0.349. The standard InChI is InChI=1S/C20H14ClN3O2/c21-15-8-6-14(7-9-15)16-10-11-22-18-17(16)19(25)23-20(26)24(18)12-13-4-2-1-3-5-13/h1-11H,12H2,(H,23,25,26)/p+1. The van der Waals surface area contributed by atoms with Crippen molar-refractivity contribution < 1.29 is 4.98 Å². The van der Waals surface area contributed by atoms with Crippen molar-refractivity contribution in [2.75, 3.05) is 0 Å². The van der Waals surface area contributed by atoms with Gasteiger partial charge in [0.1, 0.15) is 11.9 Å². The largest absolute Gasteiger partial charge is 0.416 e. The first kappa shape index (κ1) is 16.3. The maximum Gasteiger partial charge on any atom is 0.416 e. The molecule has 0 bridgehead atoms. The van der Waals surface area contributed by atoms with Crippen LogP contribution >= 0.6 is 11.6 Å². The fraction of sp³-hybridized carbons (Fsp3) is 0.0500. The molecular formula is C20H15ClN3O2+. The third kappa shape index (κ3) is 2.93. The Morgan fingerprint density at radius 1 is 0.962 bits per heavy atom. The van der Waals surface area contributed by atoms with Crippen LogP contribution in [0.5, 0.6) is 0 Å². The van der Waals surface area contributed by atoms with E-state index in [1.807, 2.05) is 48.5 Å². The van der Waals surface area contributed by atoms with Gasteiger partial charge < -0.3 is 0 Å². The Kier molecular flexibility index (Phi) is 4.14. The molecule has 0 spiro atoms. The molecule has 0 amide bonds.